The molecule has 0 amide bonds. The van der Waals surface area contributed by atoms with Gasteiger partial charge >= 0.3 is 11.7 Å². The van der Waals surface area contributed by atoms with Crippen molar-refractivity contribution < 1.29 is 30.6 Å². The summed E-state index contributed by atoms with van der Waals surface area (Å²) in [5, 5.41) is -0.489. The number of aliphatic imine (C=N–C) groups is 1. The van der Waals surface area contributed by atoms with Gasteiger partial charge in [0.2, 0.25) is 0 Å². The van der Waals surface area contributed by atoms with E-state index in [4.69, 9.17) is 30.9 Å². The second kappa shape index (κ2) is 9.49. The minimum atomic E-state index is -5.22. The number of allylic oxidation sites excluding steroid dienone is 3. The van der Waals surface area contributed by atoms with Crippen molar-refractivity contribution in [3.63, 3.8) is 0 Å². The molecule has 4 nitrogen and oxygen atoms in total. The standard InChI is InChI=1S/C13H15BClF6N3OS/c1-3-6(2)8(7(15)4-5-12(16,17)18)24-11(23)9(10(14)22)26(25)13(19,20)21/h4H,3,5,22H2,1-2H3,(H2,23,24)/b7-4+,8-6+,10-9?. The molecule has 0 saturated heterocycles. The largest absolute Gasteiger partial charge is 0.476 e. The summed E-state index contributed by atoms with van der Waals surface area (Å²) in [5.74, 6) is -0.970. The highest BCUT2D eigenvalue weighted by atomic mass is 35.5. The van der Waals surface area contributed by atoms with Crippen LogP contribution in [0.5, 0.6) is 0 Å². The fourth-order valence-electron chi connectivity index (χ4n) is 1.46. The van der Waals surface area contributed by atoms with Gasteiger partial charge in [-0.1, -0.05) is 24.6 Å². The van der Waals surface area contributed by atoms with E-state index in [0.29, 0.717) is 11.6 Å². The Morgan fingerprint density at radius 3 is 2.08 bits per heavy atom. The molecule has 0 aromatic carbocycles. The van der Waals surface area contributed by atoms with E-state index in [1.807, 2.05) is 0 Å². The van der Waals surface area contributed by atoms with Crippen LogP contribution in [0.4, 0.5) is 26.3 Å². The summed E-state index contributed by atoms with van der Waals surface area (Å²) in [7, 11) is 1.41. The Hall–Kier alpha value is -1.43. The smallest absolute Gasteiger partial charge is 0.410 e. The lowest BCUT2D eigenvalue weighted by molar-refractivity contribution is -0.125. The lowest BCUT2D eigenvalue weighted by Gasteiger charge is -2.14. The van der Waals surface area contributed by atoms with E-state index >= 15 is 0 Å². The second-order valence-electron chi connectivity index (χ2n) is 4.85. The summed E-state index contributed by atoms with van der Waals surface area (Å²) in [6.07, 6.45) is -5.10. The van der Waals surface area contributed by atoms with E-state index in [1.165, 1.54) is 6.92 Å². The number of hydrogen-bond donors (Lipinski definition) is 2. The maximum Gasteiger partial charge on any atom is 0.476 e. The van der Waals surface area contributed by atoms with Crippen molar-refractivity contribution in [1.82, 2.24) is 0 Å². The van der Waals surface area contributed by atoms with Crippen LogP contribution in [-0.2, 0) is 10.8 Å². The summed E-state index contributed by atoms with van der Waals surface area (Å²) in [4.78, 5) is 2.40. The van der Waals surface area contributed by atoms with Crippen molar-refractivity contribution in [3.05, 3.63) is 32.9 Å². The third-order valence-corrected chi connectivity index (χ3v) is 4.37. The number of alkyl halides is 6. The van der Waals surface area contributed by atoms with Gasteiger partial charge < -0.3 is 11.5 Å². The Morgan fingerprint density at radius 2 is 1.73 bits per heavy atom. The molecule has 0 heterocycles. The third kappa shape index (κ3) is 7.86. The third-order valence-electron chi connectivity index (χ3n) is 2.80. The van der Waals surface area contributed by atoms with Gasteiger partial charge in [0.05, 0.1) is 22.1 Å². The molecule has 13 heteroatoms. The molecule has 0 rings (SSSR count). The topological polar surface area (TPSA) is 81.5 Å². The van der Waals surface area contributed by atoms with Gasteiger partial charge in [-0.3, -0.25) is 0 Å². The fourth-order valence-corrected chi connectivity index (χ4v) is 2.42. The van der Waals surface area contributed by atoms with Gasteiger partial charge in [0.1, 0.15) is 13.7 Å². The highest BCUT2D eigenvalue weighted by molar-refractivity contribution is 7.91. The van der Waals surface area contributed by atoms with Crippen LogP contribution in [0.15, 0.2) is 37.9 Å². The molecule has 0 aromatic rings. The van der Waals surface area contributed by atoms with E-state index in [1.54, 1.807) is 6.92 Å². The Bertz CT molecular complexity index is 678. The Kier molecular flexibility index (Phi) is 8.97. The monoisotopic (exact) mass is 421 g/mol. The predicted octanol–water partition coefficient (Wildman–Crippen LogP) is 3.67. The van der Waals surface area contributed by atoms with Gasteiger partial charge in [0.25, 0.3) is 0 Å². The number of rotatable bonds is 6. The minimum Gasteiger partial charge on any atom is -0.410 e. The lowest BCUT2D eigenvalue weighted by atomic mass is 10.0. The molecule has 0 saturated carbocycles. The van der Waals surface area contributed by atoms with Gasteiger partial charge in [-0.05, 0) is 24.5 Å². The van der Waals surface area contributed by atoms with Gasteiger partial charge in [-0.15, -0.1) is 0 Å². The van der Waals surface area contributed by atoms with Gasteiger partial charge in [0, 0.05) is 0 Å². The fraction of sp³-hybridized carbons (Fsp3) is 0.462. The van der Waals surface area contributed by atoms with Gasteiger partial charge in [0.15, 0.2) is 10.8 Å². The summed E-state index contributed by atoms with van der Waals surface area (Å²) in [6.45, 7) is 3.04. The highest BCUT2D eigenvalue weighted by Crippen LogP contribution is 2.29. The first-order valence-electron chi connectivity index (χ1n) is 6.82. The Labute approximate surface area is 154 Å². The normalized spacial score (nSPS) is 17.6. The number of hydrogen-bond acceptors (Lipinski definition) is 3. The van der Waals surface area contributed by atoms with Crippen molar-refractivity contribution >= 4 is 36.1 Å². The van der Waals surface area contributed by atoms with Crippen LogP contribution < -0.4 is 11.5 Å². The van der Waals surface area contributed by atoms with Crippen LogP contribution in [-0.4, -0.2) is 29.6 Å². The van der Waals surface area contributed by atoms with Crippen LogP contribution in [0.3, 0.4) is 0 Å². The molecule has 0 aliphatic rings. The summed E-state index contributed by atoms with van der Waals surface area (Å²) in [5.41, 5.74) is 4.34. The number of halogens is 7. The van der Waals surface area contributed by atoms with Crippen molar-refractivity contribution in [2.75, 3.05) is 0 Å². The lowest BCUT2D eigenvalue weighted by Crippen LogP contribution is -2.29. The molecule has 1 unspecified atom stereocenters. The molecule has 2 radical (unpaired) electrons. The first-order chi connectivity index (χ1) is 11.6. The molecule has 0 aliphatic carbocycles. The van der Waals surface area contributed by atoms with Crippen molar-refractivity contribution in [3.8, 4) is 0 Å². The molecule has 4 N–H and O–H groups in total. The minimum absolute atomic E-state index is 0.252. The number of nitrogens with two attached hydrogens (primary N) is 2. The van der Waals surface area contributed by atoms with E-state index in [-0.39, 0.29) is 12.1 Å². The summed E-state index contributed by atoms with van der Waals surface area (Å²) >= 11 is 5.79. The molecule has 0 spiro atoms. The molecule has 0 aliphatic heterocycles. The zero-order valence-corrected chi connectivity index (χ0v) is 15.2. The summed E-state index contributed by atoms with van der Waals surface area (Å²) in [6, 6.07) is 0. The molecule has 0 fully saturated rings. The van der Waals surface area contributed by atoms with Crippen LogP contribution in [0.2, 0.25) is 0 Å². The van der Waals surface area contributed by atoms with Crippen molar-refractivity contribution in [1.29, 1.82) is 0 Å². The van der Waals surface area contributed by atoms with Crippen molar-refractivity contribution in [2.45, 2.75) is 38.4 Å². The molecular weight excluding hydrogens is 406 g/mol. The Morgan fingerprint density at radius 1 is 1.23 bits per heavy atom. The predicted molar refractivity (Wildman–Crippen MR) is 90.4 cm³/mol. The second-order valence-corrected chi connectivity index (χ2v) is 6.67. The van der Waals surface area contributed by atoms with Crippen LogP contribution in [0.1, 0.15) is 26.7 Å². The number of amidine groups is 1. The van der Waals surface area contributed by atoms with E-state index in [0.717, 1.165) is 0 Å². The van der Waals surface area contributed by atoms with E-state index < -0.39 is 50.3 Å². The molecule has 0 bridgehead atoms. The highest BCUT2D eigenvalue weighted by Gasteiger charge is 2.41. The average Bonchev–Trinajstić information content (AvgIpc) is 2.47. The zero-order valence-electron chi connectivity index (χ0n) is 13.6. The van der Waals surface area contributed by atoms with E-state index in [2.05, 4.69) is 4.99 Å². The molecule has 1 atom stereocenters. The molecule has 0 aromatic heterocycles. The summed E-state index contributed by atoms with van der Waals surface area (Å²) < 4.78 is 86.4. The molecular formula is C13H15BClF6N3OS. The van der Waals surface area contributed by atoms with E-state index in [9.17, 15) is 30.6 Å². The van der Waals surface area contributed by atoms with Crippen LogP contribution >= 0.6 is 11.6 Å². The maximum absolute atomic E-state index is 12.7. The van der Waals surface area contributed by atoms with Crippen molar-refractivity contribution in [2.24, 2.45) is 16.5 Å². The molecule has 146 valence electrons. The Balaban J connectivity index is 6.20. The number of nitrogens with zero attached hydrogens (tertiary/aromatic N) is 1. The average molecular weight is 422 g/mol. The zero-order chi connectivity index (χ0) is 20.9. The quantitative estimate of drug-likeness (QED) is 0.226. The van der Waals surface area contributed by atoms with Crippen LogP contribution in [0, 0.1) is 0 Å². The van der Waals surface area contributed by atoms with Crippen LogP contribution in [0.25, 0.3) is 0 Å². The maximum atomic E-state index is 12.7. The first kappa shape index (κ1) is 24.6. The first-order valence-corrected chi connectivity index (χ1v) is 8.35. The molecule has 26 heavy (non-hydrogen) atoms. The SMILES string of the molecule is [B]C(N)=C(C(N)=NC(/C(Cl)=C\CC(F)(F)F)=C(\C)CC)S(=O)C(F)(F)F. The van der Waals surface area contributed by atoms with Gasteiger partial charge in [-0.25, -0.2) is 9.20 Å². The van der Waals surface area contributed by atoms with Gasteiger partial charge in [-0.2, -0.15) is 26.3 Å².